The fraction of sp³-hybridized carbons (Fsp3) is 0.500. The van der Waals surface area contributed by atoms with E-state index in [9.17, 15) is 8.42 Å². The third-order valence-corrected chi connectivity index (χ3v) is 5.19. The molecule has 5 nitrogen and oxygen atoms in total. The van der Waals surface area contributed by atoms with Crippen LogP contribution in [0.25, 0.3) is 0 Å². The van der Waals surface area contributed by atoms with E-state index in [1.165, 1.54) is 4.31 Å². The first-order chi connectivity index (χ1) is 8.41. The van der Waals surface area contributed by atoms with Crippen molar-refractivity contribution in [2.45, 2.75) is 23.8 Å². The summed E-state index contributed by atoms with van der Waals surface area (Å²) in [6.07, 6.45) is 0.779. The maximum Gasteiger partial charge on any atom is 0.243 e. The van der Waals surface area contributed by atoms with E-state index in [0.29, 0.717) is 18.8 Å². The van der Waals surface area contributed by atoms with Crippen LogP contribution in [0.4, 0.5) is 0 Å². The number of rotatable bonds is 4. The van der Waals surface area contributed by atoms with Crippen molar-refractivity contribution in [2.24, 2.45) is 5.73 Å². The summed E-state index contributed by atoms with van der Waals surface area (Å²) in [5, 5.41) is 0. The monoisotopic (exact) mass is 270 g/mol. The topological polar surface area (TPSA) is 72.6 Å². The summed E-state index contributed by atoms with van der Waals surface area (Å²) in [6.45, 7) is 2.74. The average Bonchev–Trinajstić information content (AvgIpc) is 2.35. The molecule has 0 amide bonds. The summed E-state index contributed by atoms with van der Waals surface area (Å²) in [6, 6.07) is 6.39. The summed E-state index contributed by atoms with van der Waals surface area (Å²) in [7, 11) is -1.87. The van der Waals surface area contributed by atoms with Crippen molar-refractivity contribution in [3.05, 3.63) is 24.3 Å². The van der Waals surface area contributed by atoms with Crippen molar-refractivity contribution in [1.82, 2.24) is 4.31 Å². The molecule has 0 aliphatic carbocycles. The number of ether oxygens (including phenoxy) is 1. The second-order valence-electron chi connectivity index (χ2n) is 4.66. The molecule has 0 bridgehead atoms. The van der Waals surface area contributed by atoms with Gasteiger partial charge in [0.2, 0.25) is 10.0 Å². The third-order valence-electron chi connectivity index (χ3n) is 3.38. The van der Waals surface area contributed by atoms with Crippen LogP contribution in [0.1, 0.15) is 13.3 Å². The Bertz CT molecular complexity index is 519. The minimum Gasteiger partial charge on any atom is -0.497 e. The predicted molar refractivity (Wildman–Crippen MR) is 69.0 cm³/mol. The van der Waals surface area contributed by atoms with E-state index < -0.39 is 10.0 Å². The molecule has 1 saturated heterocycles. The third kappa shape index (κ3) is 2.23. The highest BCUT2D eigenvalue weighted by atomic mass is 32.2. The molecule has 6 heteroatoms. The molecule has 0 saturated carbocycles. The van der Waals surface area contributed by atoms with Gasteiger partial charge in [0.1, 0.15) is 5.75 Å². The lowest BCUT2D eigenvalue weighted by Crippen LogP contribution is -2.68. The number of methoxy groups -OCH3 is 1. The first kappa shape index (κ1) is 13.3. The molecule has 1 heterocycles. The Labute approximate surface area is 108 Å². The number of hydrogen-bond acceptors (Lipinski definition) is 4. The van der Waals surface area contributed by atoms with E-state index in [-0.39, 0.29) is 10.4 Å². The molecule has 1 aliphatic rings. The van der Waals surface area contributed by atoms with Crippen LogP contribution in [0, 0.1) is 0 Å². The van der Waals surface area contributed by atoms with Crippen molar-refractivity contribution in [2.75, 3.05) is 20.2 Å². The van der Waals surface area contributed by atoms with Crippen LogP contribution in [-0.2, 0) is 10.0 Å². The van der Waals surface area contributed by atoms with Crippen LogP contribution in [-0.4, -0.2) is 38.5 Å². The summed E-state index contributed by atoms with van der Waals surface area (Å²) in [4.78, 5) is 0.279. The fourth-order valence-corrected chi connectivity index (χ4v) is 3.58. The van der Waals surface area contributed by atoms with Gasteiger partial charge in [-0.05, 0) is 30.7 Å². The maximum absolute atomic E-state index is 12.2. The lowest BCUT2D eigenvalue weighted by Gasteiger charge is -2.46. The van der Waals surface area contributed by atoms with Gasteiger partial charge < -0.3 is 10.5 Å². The molecule has 2 rings (SSSR count). The highest BCUT2D eigenvalue weighted by Gasteiger charge is 2.44. The van der Waals surface area contributed by atoms with E-state index in [1.54, 1.807) is 31.4 Å². The van der Waals surface area contributed by atoms with Crippen LogP contribution >= 0.6 is 0 Å². The SMILES string of the molecule is CCC1(N)CN(S(=O)(=O)c2ccc(OC)cc2)C1. The van der Waals surface area contributed by atoms with Crippen molar-refractivity contribution in [3.63, 3.8) is 0 Å². The molecule has 0 radical (unpaired) electrons. The summed E-state index contributed by atoms with van der Waals surface area (Å²) < 4.78 is 30.9. The molecular weight excluding hydrogens is 252 g/mol. The van der Waals surface area contributed by atoms with Crippen LogP contribution in [0.3, 0.4) is 0 Å². The molecule has 1 aliphatic heterocycles. The number of hydrogen-bond donors (Lipinski definition) is 1. The van der Waals surface area contributed by atoms with Crippen molar-refractivity contribution >= 4 is 10.0 Å². The van der Waals surface area contributed by atoms with Crippen LogP contribution in [0.2, 0.25) is 0 Å². The molecule has 1 aromatic rings. The van der Waals surface area contributed by atoms with Gasteiger partial charge in [0.25, 0.3) is 0 Å². The van der Waals surface area contributed by atoms with Crippen LogP contribution in [0.5, 0.6) is 5.75 Å². The highest BCUT2D eigenvalue weighted by Crippen LogP contribution is 2.29. The Hall–Kier alpha value is -1.11. The Morgan fingerprint density at radius 3 is 2.33 bits per heavy atom. The minimum absolute atomic E-state index is 0.279. The van der Waals surface area contributed by atoms with Crippen LogP contribution in [0.15, 0.2) is 29.2 Å². The lowest BCUT2D eigenvalue weighted by atomic mass is 9.91. The fourth-order valence-electron chi connectivity index (χ4n) is 1.95. The normalized spacial score (nSPS) is 19.3. The molecule has 1 aromatic carbocycles. The first-order valence-corrected chi connectivity index (χ1v) is 7.28. The summed E-state index contributed by atoms with van der Waals surface area (Å²) in [5.74, 6) is 0.638. The largest absolute Gasteiger partial charge is 0.497 e. The van der Waals surface area contributed by atoms with Gasteiger partial charge in [-0.3, -0.25) is 0 Å². The van der Waals surface area contributed by atoms with Crippen LogP contribution < -0.4 is 10.5 Å². The van der Waals surface area contributed by atoms with Gasteiger partial charge in [0.15, 0.2) is 0 Å². The molecule has 2 N–H and O–H groups in total. The summed E-state index contributed by atoms with van der Waals surface area (Å²) >= 11 is 0. The van der Waals surface area contributed by atoms with Gasteiger partial charge in [0.05, 0.1) is 12.0 Å². The molecule has 0 atom stereocenters. The standard InChI is InChI=1S/C12H18N2O3S/c1-3-12(13)8-14(9-12)18(15,16)11-6-4-10(17-2)5-7-11/h4-7H,3,8-9,13H2,1-2H3. The first-order valence-electron chi connectivity index (χ1n) is 5.84. The van der Waals surface area contributed by atoms with E-state index in [2.05, 4.69) is 0 Å². The van der Waals surface area contributed by atoms with E-state index >= 15 is 0 Å². The Kier molecular flexibility index (Phi) is 3.35. The zero-order valence-electron chi connectivity index (χ0n) is 10.6. The quantitative estimate of drug-likeness (QED) is 0.878. The molecule has 18 heavy (non-hydrogen) atoms. The lowest BCUT2D eigenvalue weighted by molar-refractivity contribution is 0.153. The maximum atomic E-state index is 12.2. The Morgan fingerprint density at radius 2 is 1.89 bits per heavy atom. The number of benzene rings is 1. The van der Waals surface area contributed by atoms with Gasteiger partial charge in [-0.15, -0.1) is 0 Å². The number of nitrogens with two attached hydrogens (primary N) is 1. The van der Waals surface area contributed by atoms with Gasteiger partial charge in [0, 0.05) is 18.6 Å². The zero-order valence-corrected chi connectivity index (χ0v) is 11.4. The molecule has 100 valence electrons. The molecule has 0 unspecified atom stereocenters. The van der Waals surface area contributed by atoms with Crippen molar-refractivity contribution < 1.29 is 13.2 Å². The van der Waals surface area contributed by atoms with Crippen molar-refractivity contribution in [1.29, 1.82) is 0 Å². The molecule has 1 fully saturated rings. The number of nitrogens with zero attached hydrogens (tertiary/aromatic N) is 1. The second kappa shape index (κ2) is 4.53. The van der Waals surface area contributed by atoms with E-state index in [0.717, 1.165) is 6.42 Å². The van der Waals surface area contributed by atoms with Gasteiger partial charge in [-0.25, -0.2) is 8.42 Å². The van der Waals surface area contributed by atoms with Crippen molar-refractivity contribution in [3.8, 4) is 5.75 Å². The van der Waals surface area contributed by atoms with Gasteiger partial charge in [-0.2, -0.15) is 4.31 Å². The van der Waals surface area contributed by atoms with E-state index in [4.69, 9.17) is 10.5 Å². The second-order valence-corrected chi connectivity index (χ2v) is 6.60. The number of sulfonamides is 1. The van der Waals surface area contributed by atoms with E-state index in [1.807, 2.05) is 6.92 Å². The minimum atomic E-state index is -3.41. The molecule has 0 spiro atoms. The highest BCUT2D eigenvalue weighted by molar-refractivity contribution is 7.89. The summed E-state index contributed by atoms with van der Waals surface area (Å²) in [5.41, 5.74) is 5.63. The molecule has 0 aromatic heterocycles. The Morgan fingerprint density at radius 1 is 1.33 bits per heavy atom. The predicted octanol–water partition coefficient (Wildman–Crippen LogP) is 0.807. The molecular formula is C12H18N2O3S. The average molecular weight is 270 g/mol. The van der Waals surface area contributed by atoms with Gasteiger partial charge in [-0.1, -0.05) is 6.92 Å². The Balaban J connectivity index is 2.17. The van der Waals surface area contributed by atoms with Gasteiger partial charge >= 0.3 is 0 Å². The zero-order chi connectivity index (χ0) is 13.4. The smallest absolute Gasteiger partial charge is 0.243 e.